The second kappa shape index (κ2) is 8.75. The van der Waals surface area contributed by atoms with E-state index in [1.54, 1.807) is 24.4 Å². The van der Waals surface area contributed by atoms with Crippen molar-refractivity contribution in [1.82, 2.24) is 9.97 Å². The Kier molecular flexibility index (Phi) is 5.65. The smallest absolute Gasteiger partial charge is 0.154 e. The van der Waals surface area contributed by atoms with Gasteiger partial charge in [-0.15, -0.1) is 6.42 Å². The van der Waals surface area contributed by atoms with Gasteiger partial charge in [-0.2, -0.15) is 5.26 Å². The van der Waals surface area contributed by atoms with Gasteiger partial charge in [0.15, 0.2) is 5.78 Å². The van der Waals surface area contributed by atoms with Gasteiger partial charge < -0.3 is 0 Å². The zero-order chi connectivity index (χ0) is 22.9. The minimum Gasteiger partial charge on any atom is -0.298 e. The topological polar surface area (TPSA) is 66.6 Å². The summed E-state index contributed by atoms with van der Waals surface area (Å²) in [4.78, 5) is 21.5. The fourth-order valence-corrected chi connectivity index (χ4v) is 6.05. The first-order chi connectivity index (χ1) is 16.1. The molecule has 3 unspecified atom stereocenters. The molecule has 5 rings (SSSR count). The van der Waals surface area contributed by atoms with E-state index in [1.165, 1.54) is 11.6 Å². The lowest BCUT2D eigenvalue weighted by Crippen LogP contribution is -2.23. The first kappa shape index (κ1) is 21.3. The molecule has 1 aromatic carbocycles. The number of benzene rings is 1. The highest BCUT2D eigenvalue weighted by atomic mass is 19.1. The number of Topliss-reactive ketones (excluding diaryl/α,β-unsaturated/α-hetero) is 1. The van der Waals surface area contributed by atoms with Crippen molar-refractivity contribution in [3.05, 3.63) is 71.4 Å². The Morgan fingerprint density at radius 2 is 1.91 bits per heavy atom. The molecule has 0 N–H and O–H groups in total. The van der Waals surface area contributed by atoms with Crippen molar-refractivity contribution in [2.45, 2.75) is 38.0 Å². The van der Waals surface area contributed by atoms with Crippen molar-refractivity contribution in [3.8, 4) is 18.4 Å². The second-order valence-electron chi connectivity index (χ2n) is 9.43. The number of carbonyl (C=O) groups is 1. The summed E-state index contributed by atoms with van der Waals surface area (Å²) < 4.78 is 13.9. The average Bonchev–Trinajstić information content (AvgIpc) is 3.39. The molecule has 0 radical (unpaired) electrons. The highest BCUT2D eigenvalue weighted by Crippen LogP contribution is 2.54. The van der Waals surface area contributed by atoms with Crippen molar-refractivity contribution in [2.24, 2.45) is 23.7 Å². The molecule has 164 valence electrons. The maximum absolute atomic E-state index is 13.9. The van der Waals surface area contributed by atoms with E-state index in [4.69, 9.17) is 6.42 Å². The molecule has 0 saturated heterocycles. The fraction of sp³-hybridized carbons (Fsp3) is 0.357. The van der Waals surface area contributed by atoms with Crippen molar-refractivity contribution < 1.29 is 9.18 Å². The fourth-order valence-electron chi connectivity index (χ4n) is 6.05. The predicted octanol–water partition coefficient (Wildman–Crippen LogP) is 5.22. The molecule has 2 aliphatic carbocycles. The molecule has 3 aromatic rings. The van der Waals surface area contributed by atoms with Crippen LogP contribution in [0, 0.1) is 53.2 Å². The van der Waals surface area contributed by atoms with E-state index in [-0.39, 0.29) is 23.9 Å². The highest BCUT2D eigenvalue weighted by Gasteiger charge is 2.45. The quantitative estimate of drug-likeness (QED) is 0.513. The average molecular weight is 438 g/mol. The number of carbonyl (C=O) groups excluding carboxylic acids is 1. The summed E-state index contributed by atoms with van der Waals surface area (Å²) >= 11 is 0. The number of aromatic nitrogens is 2. The van der Waals surface area contributed by atoms with E-state index in [0.29, 0.717) is 23.4 Å². The molecule has 2 aromatic heterocycles. The molecule has 2 fully saturated rings. The number of hydrogen-bond donors (Lipinski definition) is 0. The Bertz CT molecular complexity index is 1270. The summed E-state index contributed by atoms with van der Waals surface area (Å²) in [5, 5.41) is 10.7. The van der Waals surface area contributed by atoms with Gasteiger partial charge in [-0.05, 0) is 90.8 Å². The van der Waals surface area contributed by atoms with Crippen LogP contribution in [0.4, 0.5) is 4.39 Å². The molecule has 5 atom stereocenters. The molecule has 0 bridgehead atoms. The molecule has 2 heterocycles. The lowest BCUT2D eigenvalue weighted by molar-refractivity contribution is -0.122. The maximum Gasteiger partial charge on any atom is 0.154 e. The molecular formula is C28H24FN3O. The third-order valence-corrected chi connectivity index (χ3v) is 7.54. The zero-order valence-corrected chi connectivity index (χ0v) is 18.2. The molecular weight excluding hydrogens is 413 g/mol. The van der Waals surface area contributed by atoms with Gasteiger partial charge in [0, 0.05) is 24.2 Å². The van der Waals surface area contributed by atoms with E-state index in [0.717, 1.165) is 42.1 Å². The number of terminal acetylenes is 1. The van der Waals surface area contributed by atoms with Gasteiger partial charge in [-0.25, -0.2) is 9.37 Å². The van der Waals surface area contributed by atoms with Crippen LogP contribution in [0.2, 0.25) is 0 Å². The lowest BCUT2D eigenvalue weighted by atomic mass is 9.83. The summed E-state index contributed by atoms with van der Waals surface area (Å²) in [5.41, 5.74) is 3.31. The number of nitriles is 1. The van der Waals surface area contributed by atoms with Crippen LogP contribution in [0.15, 0.2) is 48.8 Å². The minimum absolute atomic E-state index is 0.0371. The molecule has 0 aliphatic heterocycles. The van der Waals surface area contributed by atoms with E-state index in [9.17, 15) is 14.4 Å². The van der Waals surface area contributed by atoms with Crippen molar-refractivity contribution in [2.75, 3.05) is 0 Å². The normalized spacial score (nSPS) is 24.7. The van der Waals surface area contributed by atoms with Crippen LogP contribution in [0.25, 0.3) is 10.9 Å². The standard InChI is InChI=1S/C28H24FN3O/c1-2-23-5-3-17(16-32-23)9-28(33)26(15-30)21-12-18-10-20(11-19(18)13-21)24-7-8-31-27-6-4-22(29)14-25(24)27/h1,3-8,14,16,18-21,26H,9-13H2/t18-,19+,20?,21?,26?. The molecule has 33 heavy (non-hydrogen) atoms. The van der Waals surface area contributed by atoms with Gasteiger partial charge >= 0.3 is 0 Å². The van der Waals surface area contributed by atoms with Crippen LogP contribution in [0.3, 0.4) is 0 Å². The van der Waals surface area contributed by atoms with Crippen molar-refractivity contribution in [1.29, 1.82) is 5.26 Å². The first-order valence-electron chi connectivity index (χ1n) is 11.4. The van der Waals surface area contributed by atoms with E-state index in [1.807, 2.05) is 18.3 Å². The third kappa shape index (κ3) is 4.12. The van der Waals surface area contributed by atoms with Gasteiger partial charge in [-0.3, -0.25) is 9.78 Å². The van der Waals surface area contributed by atoms with E-state index >= 15 is 0 Å². The van der Waals surface area contributed by atoms with E-state index in [2.05, 4.69) is 22.0 Å². The van der Waals surface area contributed by atoms with Crippen LogP contribution in [-0.4, -0.2) is 15.8 Å². The molecule has 0 amide bonds. The summed E-state index contributed by atoms with van der Waals surface area (Å²) in [6.07, 6.45) is 12.8. The Labute approximate surface area is 192 Å². The molecule has 2 aliphatic rings. The Morgan fingerprint density at radius 3 is 2.58 bits per heavy atom. The van der Waals surface area contributed by atoms with Gasteiger partial charge in [0.25, 0.3) is 0 Å². The third-order valence-electron chi connectivity index (χ3n) is 7.54. The highest BCUT2D eigenvalue weighted by molar-refractivity contribution is 5.85. The number of ketones is 1. The Balaban J connectivity index is 1.26. The summed E-state index contributed by atoms with van der Waals surface area (Å²) in [7, 11) is 0. The SMILES string of the molecule is C#Cc1ccc(CC(=O)C(C#N)C2C[C@H]3CC(c4ccnc5ccc(F)cc45)C[C@H]3C2)cn1. The molecule has 5 heteroatoms. The molecule has 0 spiro atoms. The van der Waals surface area contributed by atoms with Crippen LogP contribution in [0.1, 0.15) is 48.4 Å². The predicted molar refractivity (Wildman–Crippen MR) is 123 cm³/mol. The number of nitrogens with zero attached hydrogens (tertiary/aromatic N) is 3. The van der Waals surface area contributed by atoms with E-state index < -0.39 is 5.92 Å². The zero-order valence-electron chi connectivity index (χ0n) is 18.2. The monoisotopic (exact) mass is 437 g/mol. The first-order valence-corrected chi connectivity index (χ1v) is 11.4. The van der Waals surface area contributed by atoms with Crippen LogP contribution >= 0.6 is 0 Å². The molecule has 4 nitrogen and oxygen atoms in total. The largest absolute Gasteiger partial charge is 0.298 e. The number of halogens is 1. The summed E-state index contributed by atoms with van der Waals surface area (Å²) in [5.74, 6) is 3.06. The molecule has 2 saturated carbocycles. The number of pyridine rings is 2. The number of rotatable bonds is 5. The number of fused-ring (bicyclic) bond motifs is 2. The van der Waals surface area contributed by atoms with Crippen molar-refractivity contribution >= 4 is 16.7 Å². The second-order valence-corrected chi connectivity index (χ2v) is 9.43. The Morgan fingerprint density at radius 1 is 1.12 bits per heavy atom. The number of hydrogen-bond acceptors (Lipinski definition) is 4. The summed E-state index contributed by atoms with van der Waals surface area (Å²) in [6.45, 7) is 0. The van der Waals surface area contributed by atoms with Gasteiger partial charge in [-0.1, -0.05) is 12.0 Å². The lowest BCUT2D eigenvalue weighted by Gasteiger charge is -2.19. The Hall–Kier alpha value is -3.57. The van der Waals surface area contributed by atoms with Crippen LogP contribution in [0.5, 0.6) is 0 Å². The van der Waals surface area contributed by atoms with Crippen LogP contribution in [-0.2, 0) is 11.2 Å². The van der Waals surface area contributed by atoms with Gasteiger partial charge in [0.1, 0.15) is 17.4 Å². The minimum atomic E-state index is -0.586. The maximum atomic E-state index is 13.9. The van der Waals surface area contributed by atoms with Gasteiger partial charge in [0.2, 0.25) is 0 Å². The van der Waals surface area contributed by atoms with Gasteiger partial charge in [0.05, 0.1) is 11.6 Å². The van der Waals surface area contributed by atoms with Crippen molar-refractivity contribution in [3.63, 3.8) is 0 Å². The van der Waals surface area contributed by atoms with Crippen LogP contribution < -0.4 is 0 Å². The summed E-state index contributed by atoms with van der Waals surface area (Å²) in [6, 6.07) is 12.6.